The maximum Gasteiger partial charge on any atom is 0.257 e. The molecular weight excluding hydrogens is 484 g/mol. The van der Waals surface area contributed by atoms with Crippen LogP contribution in [-0.4, -0.2) is 63.9 Å². The molecule has 0 radical (unpaired) electrons. The summed E-state index contributed by atoms with van der Waals surface area (Å²) >= 11 is 0. The van der Waals surface area contributed by atoms with E-state index in [1.807, 2.05) is 38.1 Å². The molecule has 0 aromatic heterocycles. The topological polar surface area (TPSA) is 103 Å². The SMILES string of the molecule is COc1cc2c(cc1OC)CN(S(=O)(=O)CCCNC(=O)COc1cccc3c1OC(C)(C)C3)CC2. The molecule has 2 aliphatic rings. The smallest absolute Gasteiger partial charge is 0.257 e. The molecule has 0 saturated heterocycles. The van der Waals surface area contributed by atoms with Crippen molar-refractivity contribution in [2.45, 2.75) is 45.3 Å². The molecule has 2 aromatic carbocycles. The number of rotatable bonds is 10. The van der Waals surface area contributed by atoms with Crippen molar-refractivity contribution in [3.63, 3.8) is 0 Å². The number of para-hydroxylation sites is 1. The first-order valence-corrected chi connectivity index (χ1v) is 13.6. The standard InChI is InChI=1S/C26H34N2O7S/c1-26(2)15-19-7-5-8-21(25(19)35-26)34-17-24(29)27-10-6-12-36(30,31)28-11-9-18-13-22(32-3)23(33-4)14-20(18)16-28/h5,7-8,13-14H,6,9-12,15-17H2,1-4H3,(H,27,29). The Balaban J connectivity index is 1.23. The Morgan fingerprint density at radius 3 is 2.53 bits per heavy atom. The lowest BCUT2D eigenvalue weighted by atomic mass is 10.0. The normalized spacial score (nSPS) is 16.4. The number of nitrogens with zero attached hydrogens (tertiary/aromatic N) is 1. The largest absolute Gasteiger partial charge is 0.493 e. The highest BCUT2D eigenvalue weighted by Crippen LogP contribution is 2.41. The molecule has 10 heteroatoms. The van der Waals surface area contributed by atoms with Crippen molar-refractivity contribution >= 4 is 15.9 Å². The van der Waals surface area contributed by atoms with Crippen LogP contribution in [0, 0.1) is 0 Å². The minimum Gasteiger partial charge on any atom is -0.493 e. The number of carbonyl (C=O) groups is 1. The minimum atomic E-state index is -3.47. The van der Waals surface area contributed by atoms with Crippen LogP contribution >= 0.6 is 0 Å². The van der Waals surface area contributed by atoms with Gasteiger partial charge in [-0.2, -0.15) is 4.31 Å². The van der Waals surface area contributed by atoms with Gasteiger partial charge in [0.25, 0.3) is 5.91 Å². The lowest BCUT2D eigenvalue weighted by Gasteiger charge is -2.29. The fourth-order valence-electron chi connectivity index (χ4n) is 4.60. The number of fused-ring (bicyclic) bond motifs is 2. The number of nitrogens with one attached hydrogen (secondary N) is 1. The van der Waals surface area contributed by atoms with Crippen molar-refractivity contribution in [3.05, 3.63) is 47.0 Å². The van der Waals surface area contributed by atoms with E-state index in [1.54, 1.807) is 20.3 Å². The summed E-state index contributed by atoms with van der Waals surface area (Å²) in [6.45, 7) is 4.79. The molecule has 36 heavy (non-hydrogen) atoms. The maximum atomic E-state index is 12.9. The summed E-state index contributed by atoms with van der Waals surface area (Å²) in [6.07, 6.45) is 1.69. The zero-order valence-corrected chi connectivity index (χ0v) is 22.1. The predicted octanol–water partition coefficient (Wildman–Crippen LogP) is 2.69. The Morgan fingerprint density at radius 2 is 1.81 bits per heavy atom. The van der Waals surface area contributed by atoms with Crippen LogP contribution in [0.4, 0.5) is 0 Å². The van der Waals surface area contributed by atoms with E-state index in [0.717, 1.165) is 23.1 Å². The van der Waals surface area contributed by atoms with E-state index in [9.17, 15) is 13.2 Å². The van der Waals surface area contributed by atoms with Crippen LogP contribution < -0.4 is 24.3 Å². The summed E-state index contributed by atoms with van der Waals surface area (Å²) in [5, 5.41) is 2.74. The number of hydrogen-bond acceptors (Lipinski definition) is 7. The van der Waals surface area contributed by atoms with E-state index < -0.39 is 10.0 Å². The summed E-state index contributed by atoms with van der Waals surface area (Å²) in [7, 11) is -0.332. The molecule has 1 N–H and O–H groups in total. The summed E-state index contributed by atoms with van der Waals surface area (Å²) in [6, 6.07) is 9.40. The highest BCUT2D eigenvalue weighted by atomic mass is 32.2. The molecule has 0 saturated carbocycles. The Morgan fingerprint density at radius 1 is 1.08 bits per heavy atom. The van der Waals surface area contributed by atoms with Crippen LogP contribution in [0.3, 0.4) is 0 Å². The number of methoxy groups -OCH3 is 2. The van der Waals surface area contributed by atoms with Gasteiger partial charge < -0.3 is 24.3 Å². The summed E-state index contributed by atoms with van der Waals surface area (Å²) in [4.78, 5) is 12.3. The molecule has 0 bridgehead atoms. The van der Waals surface area contributed by atoms with Crippen LogP contribution in [-0.2, 0) is 34.2 Å². The molecule has 0 spiro atoms. The highest BCUT2D eigenvalue weighted by Gasteiger charge is 2.32. The van der Waals surface area contributed by atoms with Crippen molar-refractivity contribution in [2.24, 2.45) is 0 Å². The molecule has 1 amide bonds. The molecule has 9 nitrogen and oxygen atoms in total. The number of hydrogen-bond donors (Lipinski definition) is 1. The number of amides is 1. The Bertz CT molecular complexity index is 1230. The number of ether oxygens (including phenoxy) is 4. The average molecular weight is 519 g/mol. The van der Waals surface area contributed by atoms with Gasteiger partial charge in [-0.25, -0.2) is 8.42 Å². The van der Waals surface area contributed by atoms with Gasteiger partial charge in [-0.05, 0) is 56.0 Å². The summed E-state index contributed by atoms with van der Waals surface area (Å²) in [5.41, 5.74) is 2.73. The third-order valence-electron chi connectivity index (χ3n) is 6.39. The lowest BCUT2D eigenvalue weighted by molar-refractivity contribution is -0.123. The van der Waals surface area contributed by atoms with Crippen LogP contribution in [0.5, 0.6) is 23.0 Å². The first kappa shape index (κ1) is 26.1. The van der Waals surface area contributed by atoms with E-state index in [1.165, 1.54) is 4.31 Å². The molecule has 2 aliphatic heterocycles. The van der Waals surface area contributed by atoms with Crippen LogP contribution in [0.25, 0.3) is 0 Å². The molecule has 196 valence electrons. The second kappa shape index (κ2) is 10.6. The van der Waals surface area contributed by atoms with Gasteiger partial charge in [0.2, 0.25) is 10.0 Å². The maximum absolute atomic E-state index is 12.9. The van der Waals surface area contributed by atoms with E-state index in [-0.39, 0.29) is 30.4 Å². The Kier molecular flexibility index (Phi) is 7.65. The zero-order valence-electron chi connectivity index (χ0n) is 21.3. The van der Waals surface area contributed by atoms with Crippen LogP contribution in [0.1, 0.15) is 37.0 Å². The molecule has 0 atom stereocenters. The molecule has 0 fully saturated rings. The van der Waals surface area contributed by atoms with E-state index in [2.05, 4.69) is 5.32 Å². The molecule has 0 aliphatic carbocycles. The van der Waals surface area contributed by atoms with Gasteiger partial charge >= 0.3 is 0 Å². The predicted molar refractivity (Wildman–Crippen MR) is 135 cm³/mol. The van der Waals surface area contributed by atoms with Crippen LogP contribution in [0.2, 0.25) is 0 Å². The van der Waals surface area contributed by atoms with Gasteiger partial charge in [0.05, 0.1) is 20.0 Å². The summed E-state index contributed by atoms with van der Waals surface area (Å²) < 4.78 is 49.6. The first-order chi connectivity index (χ1) is 17.1. The number of sulfonamides is 1. The second-order valence-electron chi connectivity index (χ2n) is 9.65. The third-order valence-corrected chi connectivity index (χ3v) is 8.29. The molecule has 4 rings (SSSR count). The average Bonchev–Trinajstić information content (AvgIpc) is 3.18. The monoisotopic (exact) mass is 518 g/mol. The minimum absolute atomic E-state index is 0.0497. The van der Waals surface area contributed by atoms with Gasteiger partial charge in [0, 0.05) is 31.6 Å². The number of carbonyl (C=O) groups excluding carboxylic acids is 1. The van der Waals surface area contributed by atoms with Crippen molar-refractivity contribution in [3.8, 4) is 23.0 Å². The van der Waals surface area contributed by atoms with Crippen molar-refractivity contribution < 1.29 is 32.2 Å². The van der Waals surface area contributed by atoms with E-state index in [4.69, 9.17) is 18.9 Å². The van der Waals surface area contributed by atoms with Crippen molar-refractivity contribution in [2.75, 3.05) is 39.7 Å². The highest BCUT2D eigenvalue weighted by molar-refractivity contribution is 7.89. The fourth-order valence-corrected chi connectivity index (χ4v) is 6.07. The van der Waals surface area contributed by atoms with Gasteiger partial charge in [-0.15, -0.1) is 0 Å². The third kappa shape index (κ3) is 5.87. The van der Waals surface area contributed by atoms with E-state index in [0.29, 0.717) is 48.9 Å². The first-order valence-electron chi connectivity index (χ1n) is 12.0. The summed E-state index contributed by atoms with van der Waals surface area (Å²) in [5.74, 6) is 2.08. The fraction of sp³-hybridized carbons (Fsp3) is 0.500. The lowest BCUT2D eigenvalue weighted by Crippen LogP contribution is -2.38. The second-order valence-corrected chi connectivity index (χ2v) is 11.7. The Labute approximate surface area is 212 Å². The molecule has 0 unspecified atom stereocenters. The van der Waals surface area contributed by atoms with Crippen molar-refractivity contribution in [1.29, 1.82) is 0 Å². The molecular formula is C26H34N2O7S. The van der Waals surface area contributed by atoms with Gasteiger partial charge in [0.15, 0.2) is 29.6 Å². The molecule has 2 heterocycles. The van der Waals surface area contributed by atoms with Crippen molar-refractivity contribution in [1.82, 2.24) is 9.62 Å². The van der Waals surface area contributed by atoms with Gasteiger partial charge in [-0.1, -0.05) is 12.1 Å². The zero-order chi connectivity index (χ0) is 25.9. The molecule has 2 aromatic rings. The van der Waals surface area contributed by atoms with E-state index >= 15 is 0 Å². The Hall–Kier alpha value is -2.98. The van der Waals surface area contributed by atoms with Crippen LogP contribution in [0.15, 0.2) is 30.3 Å². The quantitative estimate of drug-likeness (QED) is 0.483. The van der Waals surface area contributed by atoms with Gasteiger partial charge in [-0.3, -0.25) is 4.79 Å². The number of benzene rings is 2. The van der Waals surface area contributed by atoms with Gasteiger partial charge in [0.1, 0.15) is 5.60 Å².